The van der Waals surface area contributed by atoms with Gasteiger partial charge in [-0.05, 0) is 12.3 Å². The Morgan fingerprint density at radius 1 is 1.45 bits per heavy atom. The number of nitrogens with zero attached hydrogens (tertiary/aromatic N) is 4. The third-order valence-electron chi connectivity index (χ3n) is 2.68. The molecule has 0 atom stereocenters. The third-order valence-corrected chi connectivity index (χ3v) is 3.97. The summed E-state index contributed by atoms with van der Waals surface area (Å²) < 4.78 is 5.76. The first kappa shape index (κ1) is 13.1. The minimum atomic E-state index is -0.164. The van der Waals surface area contributed by atoms with E-state index in [-0.39, 0.29) is 12.5 Å². The fourth-order valence-corrected chi connectivity index (χ4v) is 2.93. The van der Waals surface area contributed by atoms with Crippen molar-refractivity contribution in [1.29, 1.82) is 0 Å². The van der Waals surface area contributed by atoms with Gasteiger partial charge in [-0.3, -0.25) is 14.8 Å². The summed E-state index contributed by atoms with van der Waals surface area (Å²) in [5, 5.41) is 9.14. The summed E-state index contributed by atoms with van der Waals surface area (Å²) in [6, 6.07) is 7.77. The zero-order valence-corrected chi connectivity index (χ0v) is 12.2. The van der Waals surface area contributed by atoms with E-state index in [1.165, 1.54) is 23.3 Å². The Morgan fingerprint density at radius 3 is 3.10 bits per heavy atom. The number of hydrogen-bond donors (Lipinski definition) is 1. The number of carbonyl (C=O) groups excluding carboxylic acids is 1. The van der Waals surface area contributed by atoms with Crippen LogP contribution in [0.5, 0.6) is 0 Å². The van der Waals surface area contributed by atoms with Gasteiger partial charge in [-0.25, -0.2) is 0 Å². The number of benzene rings is 1. The van der Waals surface area contributed by atoms with Gasteiger partial charge in [0.05, 0.1) is 11.7 Å². The van der Waals surface area contributed by atoms with E-state index in [9.17, 15) is 4.79 Å². The first-order valence-corrected chi connectivity index (χ1v) is 7.84. The Hall–Kier alpha value is -1.93. The van der Waals surface area contributed by atoms with Gasteiger partial charge in [0.25, 0.3) is 0 Å². The highest BCUT2D eigenvalue weighted by molar-refractivity contribution is 7.98. The molecule has 0 unspecified atom stereocenters. The van der Waals surface area contributed by atoms with Crippen LogP contribution in [0, 0.1) is 0 Å². The molecule has 0 saturated heterocycles. The molecule has 0 aliphatic carbocycles. The Bertz CT molecular complexity index is 751. The van der Waals surface area contributed by atoms with Gasteiger partial charge in [-0.1, -0.05) is 30.0 Å². The largest absolute Gasteiger partial charge is 0.299 e. The molecule has 0 aliphatic rings. The zero-order valence-electron chi connectivity index (χ0n) is 10.6. The number of nitrogens with one attached hydrogen (secondary N) is 1. The van der Waals surface area contributed by atoms with Gasteiger partial charge in [0.15, 0.2) is 0 Å². The van der Waals surface area contributed by atoms with Crippen molar-refractivity contribution in [3.05, 3.63) is 30.5 Å². The van der Waals surface area contributed by atoms with E-state index in [1.54, 1.807) is 10.9 Å². The average Bonchev–Trinajstić information content (AvgIpc) is 3.06. The standard InChI is InChI=1S/C12H11N5OS2/c1-19-12-15-11(20-16-12)14-10(18)7-17-9-5-3-2-4-8(9)6-13-17/h2-6H,7H2,1H3,(H,14,15,16,18). The Kier molecular flexibility index (Phi) is 3.66. The number of amides is 1. The molecule has 0 aliphatic heterocycles. The van der Waals surface area contributed by atoms with E-state index < -0.39 is 0 Å². The van der Waals surface area contributed by atoms with Gasteiger partial charge in [0.1, 0.15) is 6.54 Å². The molecule has 2 aromatic heterocycles. The number of thioether (sulfide) groups is 1. The van der Waals surface area contributed by atoms with Crippen LogP contribution in [0.15, 0.2) is 35.6 Å². The van der Waals surface area contributed by atoms with Crippen molar-refractivity contribution in [3.63, 3.8) is 0 Å². The number of carbonyl (C=O) groups is 1. The zero-order chi connectivity index (χ0) is 13.9. The van der Waals surface area contributed by atoms with Gasteiger partial charge < -0.3 is 0 Å². The third kappa shape index (κ3) is 2.66. The Balaban J connectivity index is 1.72. The van der Waals surface area contributed by atoms with E-state index in [2.05, 4.69) is 19.8 Å². The lowest BCUT2D eigenvalue weighted by molar-refractivity contribution is -0.116. The van der Waals surface area contributed by atoms with E-state index in [4.69, 9.17) is 0 Å². The van der Waals surface area contributed by atoms with E-state index in [1.807, 2.05) is 30.5 Å². The SMILES string of the molecule is CSc1nsc(NC(=O)Cn2ncc3ccccc32)n1. The van der Waals surface area contributed by atoms with Crippen LogP contribution in [0.25, 0.3) is 10.9 Å². The van der Waals surface area contributed by atoms with Crippen molar-refractivity contribution in [3.8, 4) is 0 Å². The van der Waals surface area contributed by atoms with E-state index in [0.29, 0.717) is 10.3 Å². The number of para-hydroxylation sites is 1. The van der Waals surface area contributed by atoms with E-state index in [0.717, 1.165) is 10.9 Å². The fraction of sp³-hybridized carbons (Fsp3) is 0.167. The molecule has 3 rings (SSSR count). The minimum Gasteiger partial charge on any atom is -0.299 e. The summed E-state index contributed by atoms with van der Waals surface area (Å²) in [7, 11) is 0. The second-order valence-electron chi connectivity index (χ2n) is 4.00. The van der Waals surface area contributed by atoms with Crippen LogP contribution in [0.1, 0.15) is 0 Å². The van der Waals surface area contributed by atoms with Gasteiger partial charge >= 0.3 is 0 Å². The lowest BCUT2D eigenvalue weighted by Crippen LogP contribution is -2.19. The lowest BCUT2D eigenvalue weighted by Gasteiger charge is -2.03. The molecular formula is C12H11N5OS2. The molecule has 0 saturated carbocycles. The highest BCUT2D eigenvalue weighted by Gasteiger charge is 2.10. The topological polar surface area (TPSA) is 72.7 Å². The molecular weight excluding hydrogens is 294 g/mol. The summed E-state index contributed by atoms with van der Waals surface area (Å²) in [6.07, 6.45) is 3.64. The predicted octanol–water partition coefficient (Wildman–Crippen LogP) is 2.25. The smallest absolute Gasteiger partial charge is 0.247 e. The lowest BCUT2D eigenvalue weighted by atomic mass is 10.2. The Labute approximate surface area is 123 Å². The molecule has 0 radical (unpaired) electrons. The number of fused-ring (bicyclic) bond motifs is 1. The van der Waals surface area contributed by atoms with Crippen LogP contribution in [0.2, 0.25) is 0 Å². The quantitative estimate of drug-likeness (QED) is 0.748. The normalized spacial score (nSPS) is 10.8. The van der Waals surface area contributed by atoms with Gasteiger partial charge in [0, 0.05) is 16.9 Å². The monoisotopic (exact) mass is 305 g/mol. The number of rotatable bonds is 4. The number of anilines is 1. The second kappa shape index (κ2) is 5.59. The molecule has 3 aromatic rings. The summed E-state index contributed by atoms with van der Waals surface area (Å²) in [5.41, 5.74) is 0.935. The molecule has 0 fully saturated rings. The van der Waals surface area contributed by atoms with Crippen molar-refractivity contribution in [2.24, 2.45) is 0 Å². The predicted molar refractivity (Wildman–Crippen MR) is 80.1 cm³/mol. The summed E-state index contributed by atoms with van der Waals surface area (Å²) in [6.45, 7) is 0.154. The number of hydrogen-bond acceptors (Lipinski definition) is 6. The first-order chi connectivity index (χ1) is 9.76. The molecule has 0 spiro atoms. The highest BCUT2D eigenvalue weighted by Crippen LogP contribution is 2.18. The molecule has 8 heteroatoms. The summed E-state index contributed by atoms with van der Waals surface area (Å²) >= 11 is 2.62. The molecule has 0 bridgehead atoms. The fourth-order valence-electron chi connectivity index (χ4n) is 1.79. The molecule has 1 aromatic carbocycles. The minimum absolute atomic E-state index is 0.154. The molecule has 1 amide bonds. The molecule has 6 nitrogen and oxygen atoms in total. The molecule has 2 heterocycles. The maximum Gasteiger partial charge on any atom is 0.247 e. The van der Waals surface area contributed by atoms with E-state index >= 15 is 0 Å². The average molecular weight is 305 g/mol. The number of aromatic nitrogens is 4. The summed E-state index contributed by atoms with van der Waals surface area (Å²) in [5.74, 6) is -0.164. The molecule has 1 N–H and O–H groups in total. The van der Waals surface area contributed by atoms with Crippen LogP contribution in [-0.2, 0) is 11.3 Å². The van der Waals surface area contributed by atoms with Gasteiger partial charge in [0.2, 0.25) is 16.2 Å². The second-order valence-corrected chi connectivity index (χ2v) is 5.52. The first-order valence-electron chi connectivity index (χ1n) is 5.84. The van der Waals surface area contributed by atoms with Crippen molar-refractivity contribution >= 4 is 45.2 Å². The van der Waals surface area contributed by atoms with Crippen LogP contribution in [-0.4, -0.2) is 31.3 Å². The van der Waals surface area contributed by atoms with Gasteiger partial charge in [-0.15, -0.1) is 0 Å². The highest BCUT2D eigenvalue weighted by atomic mass is 32.2. The Morgan fingerprint density at radius 2 is 2.30 bits per heavy atom. The van der Waals surface area contributed by atoms with Crippen LogP contribution in [0.3, 0.4) is 0 Å². The van der Waals surface area contributed by atoms with Crippen LogP contribution >= 0.6 is 23.3 Å². The molecule has 20 heavy (non-hydrogen) atoms. The van der Waals surface area contributed by atoms with Crippen molar-refractivity contribution in [2.45, 2.75) is 11.7 Å². The van der Waals surface area contributed by atoms with Crippen molar-refractivity contribution < 1.29 is 4.79 Å². The molecule has 102 valence electrons. The van der Waals surface area contributed by atoms with Crippen molar-refractivity contribution in [1.82, 2.24) is 19.1 Å². The van der Waals surface area contributed by atoms with Crippen LogP contribution in [0.4, 0.5) is 5.13 Å². The summed E-state index contributed by atoms with van der Waals surface area (Å²) in [4.78, 5) is 16.2. The van der Waals surface area contributed by atoms with Crippen LogP contribution < -0.4 is 5.32 Å². The van der Waals surface area contributed by atoms with Gasteiger partial charge in [-0.2, -0.15) is 14.5 Å². The van der Waals surface area contributed by atoms with Crippen molar-refractivity contribution in [2.75, 3.05) is 11.6 Å². The maximum absolute atomic E-state index is 12.0. The maximum atomic E-state index is 12.0.